The Morgan fingerprint density at radius 2 is 1.05 bits per heavy atom. The van der Waals surface area contributed by atoms with Gasteiger partial charge in [-0.3, -0.25) is 9.34 Å². The second-order valence-corrected chi connectivity index (χ2v) is 6.85. The molecule has 0 heterocycles. The van der Waals surface area contributed by atoms with E-state index >= 15 is 0 Å². The SMILES string of the molecule is CCCCCCN(CCCCCC)PN(CC)CC. The average molecular weight is 288 g/mol. The van der Waals surface area contributed by atoms with Crippen molar-refractivity contribution in [2.45, 2.75) is 79.1 Å². The molecule has 19 heavy (non-hydrogen) atoms. The van der Waals surface area contributed by atoms with Crippen LogP contribution in [0.1, 0.15) is 79.1 Å². The minimum atomic E-state index is 0.905. The number of rotatable bonds is 14. The highest BCUT2D eigenvalue weighted by molar-refractivity contribution is 7.32. The predicted molar refractivity (Wildman–Crippen MR) is 91.1 cm³/mol. The van der Waals surface area contributed by atoms with Crippen LogP contribution < -0.4 is 0 Å². The van der Waals surface area contributed by atoms with Crippen LogP contribution in [0.4, 0.5) is 0 Å². The molecule has 2 nitrogen and oxygen atoms in total. The van der Waals surface area contributed by atoms with Gasteiger partial charge in [0.05, 0.1) is 0 Å². The van der Waals surface area contributed by atoms with Gasteiger partial charge in [-0.15, -0.1) is 0 Å². The minimum Gasteiger partial charge on any atom is -0.273 e. The molecule has 0 aromatic heterocycles. The van der Waals surface area contributed by atoms with Gasteiger partial charge in [-0.1, -0.05) is 66.2 Å². The summed E-state index contributed by atoms with van der Waals surface area (Å²) in [5.74, 6) is 0. The van der Waals surface area contributed by atoms with Gasteiger partial charge in [-0.25, -0.2) is 0 Å². The Hall–Kier alpha value is 0.350. The lowest BCUT2D eigenvalue weighted by Crippen LogP contribution is -2.25. The van der Waals surface area contributed by atoms with Gasteiger partial charge in [0, 0.05) is 35.1 Å². The third-order valence-electron chi connectivity index (χ3n) is 3.61. The molecule has 1 unspecified atom stereocenters. The topological polar surface area (TPSA) is 6.48 Å². The average Bonchev–Trinajstić information content (AvgIpc) is 2.44. The Labute approximate surface area is 124 Å². The van der Waals surface area contributed by atoms with E-state index in [0.29, 0.717) is 0 Å². The molecular formula is C16H37N2P. The summed E-state index contributed by atoms with van der Waals surface area (Å²) in [6, 6.07) is 0. The molecule has 0 amide bonds. The van der Waals surface area contributed by atoms with Crippen molar-refractivity contribution in [1.29, 1.82) is 0 Å². The van der Waals surface area contributed by atoms with Crippen LogP contribution in [0.3, 0.4) is 0 Å². The van der Waals surface area contributed by atoms with Crippen LogP contribution in [-0.4, -0.2) is 35.5 Å². The predicted octanol–water partition coefficient (Wildman–Crippen LogP) is 5.30. The van der Waals surface area contributed by atoms with Crippen molar-refractivity contribution >= 4 is 8.88 Å². The summed E-state index contributed by atoms with van der Waals surface area (Å²) in [4.78, 5) is 0. The van der Waals surface area contributed by atoms with Crippen molar-refractivity contribution < 1.29 is 0 Å². The minimum absolute atomic E-state index is 0.905. The van der Waals surface area contributed by atoms with Gasteiger partial charge in [0.15, 0.2) is 0 Å². The molecule has 0 aromatic rings. The number of nitrogens with zero attached hydrogens (tertiary/aromatic N) is 2. The van der Waals surface area contributed by atoms with Crippen molar-refractivity contribution in [1.82, 2.24) is 9.34 Å². The first-order valence-electron chi connectivity index (χ1n) is 8.54. The molecule has 116 valence electrons. The molecule has 0 aromatic carbocycles. The molecule has 3 heteroatoms. The Kier molecular flexibility index (Phi) is 15.0. The lowest BCUT2D eigenvalue weighted by molar-refractivity contribution is 0.389. The fourth-order valence-electron chi connectivity index (χ4n) is 2.24. The van der Waals surface area contributed by atoms with Crippen LogP contribution in [0.5, 0.6) is 0 Å². The van der Waals surface area contributed by atoms with Crippen molar-refractivity contribution in [3.05, 3.63) is 0 Å². The van der Waals surface area contributed by atoms with Crippen LogP contribution in [0.15, 0.2) is 0 Å². The van der Waals surface area contributed by atoms with Crippen molar-refractivity contribution in [3.8, 4) is 0 Å². The Morgan fingerprint density at radius 3 is 1.42 bits per heavy atom. The van der Waals surface area contributed by atoms with Gasteiger partial charge in [-0.2, -0.15) is 0 Å². The zero-order valence-electron chi connectivity index (χ0n) is 13.9. The molecule has 1 atom stereocenters. The molecule has 0 spiro atoms. The first-order valence-corrected chi connectivity index (χ1v) is 9.43. The summed E-state index contributed by atoms with van der Waals surface area (Å²) < 4.78 is 5.28. The zero-order valence-corrected chi connectivity index (χ0v) is 14.9. The van der Waals surface area contributed by atoms with E-state index in [4.69, 9.17) is 0 Å². The third-order valence-corrected chi connectivity index (χ3v) is 5.25. The van der Waals surface area contributed by atoms with E-state index in [2.05, 4.69) is 37.0 Å². The zero-order chi connectivity index (χ0) is 14.3. The fraction of sp³-hybridized carbons (Fsp3) is 1.00. The van der Waals surface area contributed by atoms with Crippen molar-refractivity contribution in [2.24, 2.45) is 0 Å². The van der Waals surface area contributed by atoms with E-state index < -0.39 is 0 Å². The van der Waals surface area contributed by atoms with Crippen LogP contribution in [0, 0.1) is 0 Å². The molecule has 0 saturated carbocycles. The lowest BCUT2D eigenvalue weighted by Gasteiger charge is -2.28. The highest BCUT2D eigenvalue weighted by Crippen LogP contribution is 2.24. The summed E-state index contributed by atoms with van der Waals surface area (Å²) in [5, 5.41) is 0. The summed E-state index contributed by atoms with van der Waals surface area (Å²) in [6.45, 7) is 14.1. The highest BCUT2D eigenvalue weighted by atomic mass is 31.1. The van der Waals surface area contributed by atoms with Crippen LogP contribution in [0.2, 0.25) is 0 Å². The number of unbranched alkanes of at least 4 members (excludes halogenated alkanes) is 6. The summed E-state index contributed by atoms with van der Waals surface area (Å²) in [6.07, 6.45) is 11.1. The van der Waals surface area contributed by atoms with E-state index in [1.165, 1.54) is 77.5 Å². The maximum Gasteiger partial charge on any atom is 0.0240 e. The quantitative estimate of drug-likeness (QED) is 0.316. The first kappa shape index (κ1) is 19.4. The fourth-order valence-corrected chi connectivity index (χ4v) is 3.43. The van der Waals surface area contributed by atoms with Crippen LogP contribution >= 0.6 is 8.88 Å². The third kappa shape index (κ3) is 11.8. The van der Waals surface area contributed by atoms with E-state index in [1.54, 1.807) is 0 Å². The van der Waals surface area contributed by atoms with Crippen LogP contribution in [0.25, 0.3) is 0 Å². The van der Waals surface area contributed by atoms with E-state index in [-0.39, 0.29) is 0 Å². The summed E-state index contributed by atoms with van der Waals surface area (Å²) >= 11 is 0. The normalized spacial score (nSPS) is 12.3. The van der Waals surface area contributed by atoms with Gasteiger partial charge in [0.2, 0.25) is 0 Å². The van der Waals surface area contributed by atoms with Gasteiger partial charge >= 0.3 is 0 Å². The Morgan fingerprint density at radius 1 is 0.579 bits per heavy atom. The monoisotopic (exact) mass is 288 g/mol. The van der Waals surface area contributed by atoms with E-state index in [0.717, 1.165) is 8.88 Å². The van der Waals surface area contributed by atoms with Gasteiger partial charge in [-0.05, 0) is 12.8 Å². The summed E-state index contributed by atoms with van der Waals surface area (Å²) in [5.41, 5.74) is 0. The first-order chi connectivity index (χ1) is 9.28. The van der Waals surface area contributed by atoms with Crippen LogP contribution in [-0.2, 0) is 0 Å². The van der Waals surface area contributed by atoms with E-state index in [1.807, 2.05) is 0 Å². The molecule has 0 bridgehead atoms. The Bertz CT molecular complexity index is 160. The molecule has 0 aliphatic rings. The van der Waals surface area contributed by atoms with Gasteiger partial charge < -0.3 is 0 Å². The molecule has 0 aliphatic carbocycles. The van der Waals surface area contributed by atoms with E-state index in [9.17, 15) is 0 Å². The molecule has 0 aliphatic heterocycles. The standard InChI is InChI=1S/C16H37N2P/c1-5-9-11-13-15-18(16-14-12-10-6-2)19-17(7-3)8-4/h19H,5-16H2,1-4H3. The molecule has 0 radical (unpaired) electrons. The van der Waals surface area contributed by atoms with Crippen molar-refractivity contribution in [3.63, 3.8) is 0 Å². The molecule has 0 rings (SSSR count). The largest absolute Gasteiger partial charge is 0.273 e. The smallest absolute Gasteiger partial charge is 0.0240 e. The highest BCUT2D eigenvalue weighted by Gasteiger charge is 2.08. The van der Waals surface area contributed by atoms with Gasteiger partial charge in [0.1, 0.15) is 0 Å². The second kappa shape index (κ2) is 14.8. The molecule has 0 fully saturated rings. The maximum absolute atomic E-state index is 2.71. The van der Waals surface area contributed by atoms with Gasteiger partial charge in [0.25, 0.3) is 0 Å². The lowest BCUT2D eigenvalue weighted by atomic mass is 10.2. The summed E-state index contributed by atoms with van der Waals surface area (Å²) in [7, 11) is 0.905. The number of hydrogen-bond donors (Lipinski definition) is 0. The second-order valence-electron chi connectivity index (χ2n) is 5.38. The number of hydrogen-bond acceptors (Lipinski definition) is 2. The van der Waals surface area contributed by atoms with Crippen molar-refractivity contribution in [2.75, 3.05) is 26.2 Å². The molecule has 0 saturated heterocycles. The maximum atomic E-state index is 2.71. The Balaban J connectivity index is 3.91. The molecular weight excluding hydrogens is 251 g/mol. The molecule has 0 N–H and O–H groups in total.